The van der Waals surface area contributed by atoms with Crippen LogP contribution in [0.1, 0.15) is 0 Å². The first-order chi connectivity index (χ1) is 5.27. The largest absolute Gasteiger partial charge is 0.351 e. The van der Waals surface area contributed by atoms with E-state index in [1.54, 1.807) is 0 Å². The molecule has 11 heavy (non-hydrogen) atoms. The predicted molar refractivity (Wildman–Crippen MR) is 55.6 cm³/mol. The van der Waals surface area contributed by atoms with Crippen LogP contribution in [0.2, 0.25) is 0 Å². The van der Waals surface area contributed by atoms with E-state index in [4.69, 9.17) is 0 Å². The normalized spacial score (nSPS) is 10.7. The van der Waals surface area contributed by atoms with Gasteiger partial charge in [0.2, 0.25) is 0 Å². The third-order valence-electron chi connectivity index (χ3n) is 1.85. The van der Waals surface area contributed by atoms with Gasteiger partial charge in [-0.1, -0.05) is 0 Å². The lowest BCUT2D eigenvalue weighted by Gasteiger charge is -1.95. The third kappa shape index (κ3) is 1.15. The van der Waals surface area contributed by atoms with Crippen molar-refractivity contribution in [2.75, 3.05) is 0 Å². The van der Waals surface area contributed by atoms with E-state index in [9.17, 15) is 0 Å². The molecule has 0 fully saturated rings. The maximum absolute atomic E-state index is 2.33. The molecule has 0 aliphatic heterocycles. The first-order valence-corrected chi connectivity index (χ1v) is 4.56. The highest BCUT2D eigenvalue weighted by atomic mass is 127. The second-order valence-corrected chi connectivity index (χ2v) is 3.88. The highest BCUT2D eigenvalue weighted by Crippen LogP contribution is 2.17. The number of hydrogen-bond acceptors (Lipinski definition) is 0. The molecule has 0 unspecified atom stereocenters. The Labute approximate surface area is 79.2 Å². The summed E-state index contributed by atoms with van der Waals surface area (Å²) < 4.78 is 3.42. The summed E-state index contributed by atoms with van der Waals surface area (Å²) in [6.45, 7) is 0. The van der Waals surface area contributed by atoms with Gasteiger partial charge in [-0.3, -0.25) is 0 Å². The first-order valence-electron chi connectivity index (χ1n) is 3.48. The fourth-order valence-electron chi connectivity index (χ4n) is 1.25. The average Bonchev–Trinajstić information content (AvgIpc) is 2.32. The number of fused-ring (bicyclic) bond motifs is 1. The summed E-state index contributed by atoms with van der Waals surface area (Å²) in [5.41, 5.74) is 1.30. The van der Waals surface area contributed by atoms with Crippen LogP contribution in [0.4, 0.5) is 0 Å². The maximum atomic E-state index is 2.33. The summed E-state index contributed by atoms with van der Waals surface area (Å²) in [6, 6.07) is 8.60. The van der Waals surface area contributed by atoms with E-state index in [1.165, 1.54) is 14.5 Å². The molecule has 1 heterocycles. The third-order valence-corrected chi connectivity index (χ3v) is 2.52. The van der Waals surface area contributed by atoms with Gasteiger partial charge in [-0.05, 0) is 46.9 Å². The molecule has 0 saturated carbocycles. The van der Waals surface area contributed by atoms with E-state index < -0.39 is 0 Å². The van der Waals surface area contributed by atoms with E-state index in [2.05, 4.69) is 64.7 Å². The van der Waals surface area contributed by atoms with Crippen LogP contribution in [-0.2, 0) is 7.05 Å². The van der Waals surface area contributed by atoms with E-state index in [-0.39, 0.29) is 0 Å². The topological polar surface area (TPSA) is 4.93 Å². The number of nitrogens with zero attached hydrogens (tertiary/aromatic N) is 1. The van der Waals surface area contributed by atoms with Crippen LogP contribution in [0.15, 0.2) is 30.5 Å². The summed E-state index contributed by atoms with van der Waals surface area (Å²) >= 11 is 2.33. The molecule has 1 aromatic heterocycles. The predicted octanol–water partition coefficient (Wildman–Crippen LogP) is 2.78. The highest BCUT2D eigenvalue weighted by molar-refractivity contribution is 14.1. The Balaban J connectivity index is 2.86. The van der Waals surface area contributed by atoms with Crippen LogP contribution in [0, 0.1) is 3.57 Å². The molecule has 0 bridgehead atoms. The molecule has 56 valence electrons. The van der Waals surface area contributed by atoms with E-state index >= 15 is 0 Å². The Kier molecular flexibility index (Phi) is 1.64. The molecule has 0 radical (unpaired) electrons. The Bertz CT molecular complexity index is 389. The summed E-state index contributed by atoms with van der Waals surface area (Å²) in [6.07, 6.45) is 2.08. The molecule has 1 aromatic carbocycles. The molecule has 0 atom stereocenters. The quantitative estimate of drug-likeness (QED) is 0.639. The van der Waals surface area contributed by atoms with Gasteiger partial charge in [-0.25, -0.2) is 0 Å². The molecule has 0 aliphatic carbocycles. The van der Waals surface area contributed by atoms with Crippen molar-refractivity contribution in [3.05, 3.63) is 34.0 Å². The van der Waals surface area contributed by atoms with E-state index in [0.717, 1.165) is 0 Å². The monoisotopic (exact) mass is 257 g/mol. The van der Waals surface area contributed by atoms with Gasteiger partial charge in [0.05, 0.1) is 0 Å². The Morgan fingerprint density at radius 2 is 2.09 bits per heavy atom. The Hall–Kier alpha value is -0.510. The summed E-state index contributed by atoms with van der Waals surface area (Å²) in [7, 11) is 2.06. The molecule has 0 N–H and O–H groups in total. The Morgan fingerprint density at radius 3 is 2.91 bits per heavy atom. The van der Waals surface area contributed by atoms with Crippen molar-refractivity contribution >= 4 is 33.5 Å². The number of rotatable bonds is 0. The summed E-state index contributed by atoms with van der Waals surface area (Å²) in [4.78, 5) is 0. The van der Waals surface area contributed by atoms with Crippen LogP contribution in [0.3, 0.4) is 0 Å². The lowest BCUT2D eigenvalue weighted by atomic mass is 10.2. The number of aryl methyl sites for hydroxylation is 1. The van der Waals surface area contributed by atoms with Gasteiger partial charge < -0.3 is 4.57 Å². The van der Waals surface area contributed by atoms with Crippen molar-refractivity contribution in [1.82, 2.24) is 4.57 Å². The zero-order valence-electron chi connectivity index (χ0n) is 6.21. The molecule has 0 amide bonds. The average molecular weight is 257 g/mol. The number of benzene rings is 1. The minimum atomic E-state index is 1.29. The first kappa shape index (κ1) is 7.16. The van der Waals surface area contributed by atoms with E-state index in [0.29, 0.717) is 0 Å². The lowest BCUT2D eigenvalue weighted by molar-refractivity contribution is 0.969. The molecule has 2 aromatic rings. The molecular weight excluding hydrogens is 249 g/mol. The maximum Gasteiger partial charge on any atom is 0.0478 e. The van der Waals surface area contributed by atoms with Gasteiger partial charge in [0.25, 0.3) is 0 Å². The molecule has 1 nitrogen and oxygen atoms in total. The molecule has 0 spiro atoms. The molecule has 2 heteroatoms. The van der Waals surface area contributed by atoms with Crippen LogP contribution in [0.5, 0.6) is 0 Å². The van der Waals surface area contributed by atoms with Gasteiger partial charge in [-0.15, -0.1) is 0 Å². The molecular formula is C9H8IN. The Morgan fingerprint density at radius 1 is 1.27 bits per heavy atom. The smallest absolute Gasteiger partial charge is 0.0478 e. The van der Waals surface area contributed by atoms with Crippen molar-refractivity contribution in [2.24, 2.45) is 7.05 Å². The summed E-state index contributed by atoms with van der Waals surface area (Å²) in [5, 5.41) is 1.32. The van der Waals surface area contributed by atoms with Gasteiger partial charge in [0.1, 0.15) is 0 Å². The second kappa shape index (κ2) is 2.52. The van der Waals surface area contributed by atoms with Crippen LogP contribution < -0.4 is 0 Å². The standard InChI is InChI=1S/C9H8IN/c1-11-5-4-7-6-8(10)2-3-9(7)11/h2-6H,1H3. The minimum Gasteiger partial charge on any atom is -0.351 e. The molecule has 0 saturated heterocycles. The number of hydrogen-bond donors (Lipinski definition) is 0. The van der Waals surface area contributed by atoms with Crippen LogP contribution in [0.25, 0.3) is 10.9 Å². The van der Waals surface area contributed by atoms with Crippen LogP contribution >= 0.6 is 22.6 Å². The van der Waals surface area contributed by atoms with Gasteiger partial charge in [-0.2, -0.15) is 0 Å². The van der Waals surface area contributed by atoms with Gasteiger partial charge in [0, 0.05) is 27.7 Å². The van der Waals surface area contributed by atoms with Crippen molar-refractivity contribution in [3.8, 4) is 0 Å². The van der Waals surface area contributed by atoms with Crippen molar-refractivity contribution in [1.29, 1.82) is 0 Å². The minimum absolute atomic E-state index is 1.29. The number of aromatic nitrogens is 1. The van der Waals surface area contributed by atoms with Gasteiger partial charge >= 0.3 is 0 Å². The van der Waals surface area contributed by atoms with Crippen molar-refractivity contribution in [3.63, 3.8) is 0 Å². The van der Waals surface area contributed by atoms with Crippen LogP contribution in [-0.4, -0.2) is 4.57 Å². The molecule has 2 rings (SSSR count). The fourth-order valence-corrected chi connectivity index (χ4v) is 1.77. The fraction of sp³-hybridized carbons (Fsp3) is 0.111. The number of halogens is 1. The van der Waals surface area contributed by atoms with Gasteiger partial charge in [0.15, 0.2) is 0 Å². The molecule has 0 aliphatic rings. The van der Waals surface area contributed by atoms with Crippen molar-refractivity contribution < 1.29 is 0 Å². The zero-order valence-corrected chi connectivity index (χ0v) is 8.37. The SMILES string of the molecule is Cn1ccc2cc(I)ccc21. The van der Waals surface area contributed by atoms with Crippen molar-refractivity contribution in [2.45, 2.75) is 0 Å². The zero-order chi connectivity index (χ0) is 7.84. The summed E-state index contributed by atoms with van der Waals surface area (Å²) in [5.74, 6) is 0. The highest BCUT2D eigenvalue weighted by Gasteiger charge is 1.96. The second-order valence-electron chi connectivity index (χ2n) is 2.63. The lowest BCUT2D eigenvalue weighted by Crippen LogP contribution is -1.82. The van der Waals surface area contributed by atoms with E-state index in [1.807, 2.05) is 0 Å².